The molecule has 1 saturated heterocycles. The third-order valence-corrected chi connectivity index (χ3v) is 5.80. The number of benzene rings is 1. The molecular formula is C20H27ClN2O4S. The van der Waals surface area contributed by atoms with Gasteiger partial charge in [-0.1, -0.05) is 23.7 Å². The first-order chi connectivity index (χ1) is 13.4. The van der Waals surface area contributed by atoms with Gasteiger partial charge in [-0.3, -0.25) is 14.4 Å². The van der Waals surface area contributed by atoms with Crippen LogP contribution < -0.4 is 0 Å². The number of thioether (sulfide) groups is 1. The Kier molecular flexibility index (Phi) is 9.12. The van der Waals surface area contributed by atoms with Gasteiger partial charge in [-0.25, -0.2) is 0 Å². The summed E-state index contributed by atoms with van der Waals surface area (Å²) in [4.78, 5) is 39.9. The fourth-order valence-electron chi connectivity index (χ4n) is 3.04. The molecule has 0 N–H and O–H groups in total. The minimum Gasteiger partial charge on any atom is -0.466 e. The molecule has 1 aliphatic heterocycles. The van der Waals surface area contributed by atoms with Crippen LogP contribution in [0.5, 0.6) is 0 Å². The molecule has 0 saturated carbocycles. The molecule has 0 bridgehead atoms. The Bertz CT molecular complexity index is 701. The van der Waals surface area contributed by atoms with Crippen LogP contribution in [-0.4, -0.2) is 66.6 Å². The second-order valence-corrected chi connectivity index (χ2v) is 8.23. The van der Waals surface area contributed by atoms with Gasteiger partial charge in [0.2, 0.25) is 11.8 Å². The SMILES string of the molecule is CCOC(=O)C1CCCN(C(=O)CN(C)C(=O)CSCc2cccc(Cl)c2)C1. The Labute approximate surface area is 175 Å². The van der Waals surface area contributed by atoms with Crippen LogP contribution in [0.4, 0.5) is 0 Å². The molecule has 2 rings (SSSR count). The van der Waals surface area contributed by atoms with Crippen molar-refractivity contribution in [1.82, 2.24) is 9.80 Å². The standard InChI is InChI=1S/C20H27ClN2O4S/c1-3-27-20(26)16-7-5-9-23(11-16)18(24)12-22(2)19(25)14-28-13-15-6-4-8-17(21)10-15/h4,6,8,10,16H,3,5,7,9,11-14H2,1-2H3. The number of amides is 2. The molecule has 0 aromatic heterocycles. The molecule has 0 spiro atoms. The van der Waals surface area contributed by atoms with Crippen molar-refractivity contribution in [3.63, 3.8) is 0 Å². The zero-order valence-electron chi connectivity index (χ0n) is 16.4. The van der Waals surface area contributed by atoms with E-state index in [1.165, 1.54) is 16.7 Å². The van der Waals surface area contributed by atoms with Crippen LogP contribution in [-0.2, 0) is 24.9 Å². The van der Waals surface area contributed by atoms with Crippen LogP contribution in [0, 0.1) is 5.92 Å². The second kappa shape index (κ2) is 11.3. The number of likely N-dealkylation sites (N-methyl/N-ethyl adjacent to an activating group) is 1. The van der Waals surface area contributed by atoms with Crippen molar-refractivity contribution in [1.29, 1.82) is 0 Å². The van der Waals surface area contributed by atoms with Crippen molar-refractivity contribution in [3.8, 4) is 0 Å². The Morgan fingerprint density at radius 1 is 1.36 bits per heavy atom. The fraction of sp³-hybridized carbons (Fsp3) is 0.550. The van der Waals surface area contributed by atoms with Gasteiger partial charge < -0.3 is 14.5 Å². The Morgan fingerprint density at radius 3 is 2.86 bits per heavy atom. The van der Waals surface area contributed by atoms with Crippen molar-refractivity contribution < 1.29 is 19.1 Å². The van der Waals surface area contributed by atoms with Gasteiger partial charge in [0.1, 0.15) is 0 Å². The number of halogens is 1. The second-order valence-electron chi connectivity index (χ2n) is 6.80. The van der Waals surface area contributed by atoms with Crippen LogP contribution in [0.15, 0.2) is 24.3 Å². The van der Waals surface area contributed by atoms with E-state index in [2.05, 4.69) is 0 Å². The zero-order chi connectivity index (χ0) is 20.5. The van der Waals surface area contributed by atoms with Gasteiger partial charge in [-0.15, -0.1) is 11.8 Å². The van der Waals surface area contributed by atoms with Crippen LogP contribution >= 0.6 is 23.4 Å². The van der Waals surface area contributed by atoms with E-state index in [1.54, 1.807) is 18.9 Å². The maximum Gasteiger partial charge on any atom is 0.310 e. The first-order valence-electron chi connectivity index (χ1n) is 9.41. The lowest BCUT2D eigenvalue weighted by molar-refractivity contribution is -0.152. The molecule has 1 aliphatic rings. The third kappa shape index (κ3) is 7.02. The molecular weight excluding hydrogens is 400 g/mol. The summed E-state index contributed by atoms with van der Waals surface area (Å²) in [6, 6.07) is 7.54. The average molecular weight is 427 g/mol. The topological polar surface area (TPSA) is 66.9 Å². The van der Waals surface area contributed by atoms with E-state index >= 15 is 0 Å². The Morgan fingerprint density at radius 2 is 2.14 bits per heavy atom. The summed E-state index contributed by atoms with van der Waals surface area (Å²) in [5.41, 5.74) is 1.06. The average Bonchev–Trinajstić information content (AvgIpc) is 2.68. The van der Waals surface area contributed by atoms with Gasteiger partial charge in [0, 0.05) is 30.9 Å². The molecule has 0 radical (unpaired) electrons. The molecule has 1 aromatic rings. The molecule has 154 valence electrons. The lowest BCUT2D eigenvalue weighted by atomic mass is 9.98. The van der Waals surface area contributed by atoms with E-state index in [9.17, 15) is 14.4 Å². The quantitative estimate of drug-likeness (QED) is 0.598. The summed E-state index contributed by atoms with van der Waals surface area (Å²) in [7, 11) is 1.63. The van der Waals surface area contributed by atoms with Crippen molar-refractivity contribution in [2.45, 2.75) is 25.5 Å². The molecule has 6 nitrogen and oxygen atoms in total. The largest absolute Gasteiger partial charge is 0.466 e. The third-order valence-electron chi connectivity index (χ3n) is 4.58. The highest BCUT2D eigenvalue weighted by atomic mass is 35.5. The van der Waals surface area contributed by atoms with Gasteiger partial charge in [0.15, 0.2) is 0 Å². The number of hydrogen-bond acceptors (Lipinski definition) is 5. The summed E-state index contributed by atoms with van der Waals surface area (Å²) in [5.74, 6) is 0.223. The maximum atomic E-state index is 12.5. The van der Waals surface area contributed by atoms with E-state index in [0.717, 1.165) is 18.4 Å². The van der Waals surface area contributed by atoms with Crippen LogP contribution in [0.1, 0.15) is 25.3 Å². The van der Waals surface area contributed by atoms with E-state index in [1.807, 2.05) is 24.3 Å². The molecule has 2 amide bonds. The smallest absolute Gasteiger partial charge is 0.310 e. The summed E-state index contributed by atoms with van der Waals surface area (Å²) >= 11 is 7.45. The van der Waals surface area contributed by atoms with Crippen molar-refractivity contribution in [2.24, 2.45) is 5.92 Å². The Balaban J connectivity index is 1.76. The molecule has 1 fully saturated rings. The van der Waals surface area contributed by atoms with Crippen molar-refractivity contribution in [2.75, 3.05) is 39.0 Å². The van der Waals surface area contributed by atoms with Crippen molar-refractivity contribution >= 4 is 41.1 Å². The van der Waals surface area contributed by atoms with Gasteiger partial charge in [0.05, 0.1) is 24.8 Å². The molecule has 1 heterocycles. The molecule has 1 atom stereocenters. The number of ether oxygens (including phenoxy) is 1. The van der Waals surface area contributed by atoms with E-state index in [-0.39, 0.29) is 30.2 Å². The van der Waals surface area contributed by atoms with Gasteiger partial charge in [-0.05, 0) is 37.5 Å². The monoisotopic (exact) mass is 426 g/mol. The fourth-order valence-corrected chi connectivity index (χ4v) is 4.17. The van der Waals surface area contributed by atoms with Crippen LogP contribution in [0.25, 0.3) is 0 Å². The number of rotatable bonds is 8. The van der Waals surface area contributed by atoms with Gasteiger partial charge in [0.25, 0.3) is 0 Å². The van der Waals surface area contributed by atoms with E-state index < -0.39 is 0 Å². The Hall–Kier alpha value is -1.73. The highest BCUT2D eigenvalue weighted by Gasteiger charge is 2.30. The maximum absolute atomic E-state index is 12.5. The highest BCUT2D eigenvalue weighted by Crippen LogP contribution is 2.19. The first kappa shape index (κ1) is 22.6. The molecule has 1 unspecified atom stereocenters. The number of likely N-dealkylation sites (tertiary alicyclic amines) is 1. The van der Waals surface area contributed by atoms with E-state index in [4.69, 9.17) is 16.3 Å². The minimum absolute atomic E-state index is 0.0199. The van der Waals surface area contributed by atoms with Crippen LogP contribution in [0.3, 0.4) is 0 Å². The molecule has 0 aliphatic carbocycles. The number of nitrogens with zero attached hydrogens (tertiary/aromatic N) is 2. The summed E-state index contributed by atoms with van der Waals surface area (Å²) < 4.78 is 5.06. The van der Waals surface area contributed by atoms with Gasteiger partial charge >= 0.3 is 5.97 Å². The predicted molar refractivity (Wildman–Crippen MR) is 111 cm³/mol. The molecule has 1 aromatic carbocycles. The zero-order valence-corrected chi connectivity index (χ0v) is 17.9. The molecule has 8 heteroatoms. The number of carbonyl (C=O) groups is 3. The summed E-state index contributed by atoms with van der Waals surface area (Å²) in [6.45, 7) is 3.11. The number of hydrogen-bond donors (Lipinski definition) is 0. The summed E-state index contributed by atoms with van der Waals surface area (Å²) in [6.07, 6.45) is 1.50. The first-order valence-corrected chi connectivity index (χ1v) is 10.9. The number of esters is 1. The minimum atomic E-state index is -0.271. The number of piperidine rings is 1. The van der Waals surface area contributed by atoms with E-state index in [0.29, 0.717) is 36.2 Å². The lowest BCUT2D eigenvalue weighted by Crippen LogP contribution is -2.47. The number of carbonyl (C=O) groups excluding carboxylic acids is 3. The predicted octanol–water partition coefficient (Wildman–Crippen LogP) is 2.83. The van der Waals surface area contributed by atoms with Crippen molar-refractivity contribution in [3.05, 3.63) is 34.9 Å². The molecule has 28 heavy (non-hydrogen) atoms. The normalized spacial score (nSPS) is 16.5. The van der Waals surface area contributed by atoms with Gasteiger partial charge in [-0.2, -0.15) is 0 Å². The summed E-state index contributed by atoms with van der Waals surface area (Å²) in [5, 5.41) is 0.676. The lowest BCUT2D eigenvalue weighted by Gasteiger charge is -2.32. The van der Waals surface area contributed by atoms with Crippen LogP contribution in [0.2, 0.25) is 5.02 Å². The highest BCUT2D eigenvalue weighted by molar-refractivity contribution is 7.99.